The zero-order chi connectivity index (χ0) is 35.2. The van der Waals surface area contributed by atoms with E-state index in [1.165, 1.54) is 16.0 Å². The fourth-order valence-corrected chi connectivity index (χ4v) is 3.81. The van der Waals surface area contributed by atoms with Gasteiger partial charge in [0.25, 0.3) is 0 Å². The van der Waals surface area contributed by atoms with E-state index >= 15 is 0 Å². The molecule has 0 aliphatic carbocycles. The highest BCUT2D eigenvalue weighted by Gasteiger charge is 1.80. The van der Waals surface area contributed by atoms with Crippen LogP contribution >= 0.6 is 22.7 Å². The molecule has 0 spiro atoms. The van der Waals surface area contributed by atoms with E-state index in [2.05, 4.69) is 77.2 Å². The van der Waals surface area contributed by atoms with Crippen molar-refractivity contribution >= 4 is 22.7 Å². The van der Waals surface area contributed by atoms with Crippen LogP contribution in [0.25, 0.3) is 0 Å². The maximum absolute atomic E-state index is 4.83. The molecule has 8 rings (SSSR count). The zero-order valence-electron chi connectivity index (χ0n) is 28.8. The van der Waals surface area contributed by atoms with Crippen LogP contribution in [0.15, 0.2) is 155 Å². The predicted octanol–water partition coefficient (Wildman–Crippen LogP) is 11.3. The molecule has 8 aromatic heterocycles. The number of aryl methyl sites for hydroxylation is 8. The number of furan rings is 2. The van der Waals surface area contributed by atoms with E-state index in [4.69, 9.17) is 8.83 Å². The first-order valence-corrected chi connectivity index (χ1v) is 16.6. The van der Waals surface area contributed by atoms with Crippen LogP contribution in [0.2, 0.25) is 0 Å². The molecule has 0 amide bonds. The first kappa shape index (κ1) is 40.9. The quantitative estimate of drug-likeness (QED) is 0.155. The lowest BCUT2D eigenvalue weighted by atomic mass is 10.4. The molecule has 0 radical (unpaired) electrons. The monoisotopic (exact) mass is 690 g/mol. The van der Waals surface area contributed by atoms with Crippen molar-refractivity contribution in [1.29, 1.82) is 0 Å². The lowest BCUT2D eigenvalue weighted by Gasteiger charge is -1.79. The van der Waals surface area contributed by atoms with Gasteiger partial charge in [0.1, 0.15) is 24.0 Å². The maximum atomic E-state index is 4.83. The second-order valence-corrected chi connectivity index (χ2v) is 11.8. The standard InChI is InChI=1S/C5H7N.2C5H6O.2C5H6S.3C4H5NO/c1-6-4-2-3-5-6;1-5-2-3-6-4-5;1-5-3-2-4-6-5;1-5-2-3-6-4-5;1-5-3-2-4-6-5;1-4-2-5-6-3-4;1-4-2-3-6-5-4;1-4-2-3-5-6-4/h2-5H,1H3;4*2-4H,1H3;3*2-3H,1H3. The summed E-state index contributed by atoms with van der Waals surface area (Å²) in [5.74, 6) is 1.82. The molecular weight excluding hydrogens is 645 g/mol. The highest BCUT2D eigenvalue weighted by atomic mass is 32.1. The average molecular weight is 691 g/mol. The molecule has 8 heterocycles. The summed E-state index contributed by atoms with van der Waals surface area (Å²) >= 11 is 3.52. The highest BCUT2D eigenvalue weighted by Crippen LogP contribution is 2.04. The van der Waals surface area contributed by atoms with Gasteiger partial charge in [-0.2, -0.15) is 11.3 Å². The summed E-state index contributed by atoms with van der Waals surface area (Å²) in [5, 5.41) is 16.7. The summed E-state index contributed by atoms with van der Waals surface area (Å²) in [6.07, 6.45) is 15.5. The van der Waals surface area contributed by atoms with Gasteiger partial charge >= 0.3 is 0 Å². The second-order valence-electron chi connectivity index (χ2n) is 9.86. The number of aromatic nitrogens is 4. The third kappa shape index (κ3) is 25.1. The first-order chi connectivity index (χ1) is 23.2. The molecule has 0 N–H and O–H groups in total. The van der Waals surface area contributed by atoms with E-state index < -0.39 is 0 Å². The fraction of sp³-hybridized carbons (Fsp3) is 0.216. The van der Waals surface area contributed by atoms with Crippen molar-refractivity contribution in [3.05, 3.63) is 172 Å². The summed E-state index contributed by atoms with van der Waals surface area (Å²) in [6, 6.07) is 19.6. The minimum Gasteiger partial charge on any atom is -0.472 e. The molecule has 0 aliphatic rings. The molecule has 0 fully saturated rings. The topological polar surface area (TPSA) is 109 Å². The molecular formula is C37H46N4O5S2. The number of hydrogen-bond acceptors (Lipinski definition) is 10. The largest absolute Gasteiger partial charge is 0.472 e. The van der Waals surface area contributed by atoms with Crippen molar-refractivity contribution in [1.82, 2.24) is 20.0 Å². The zero-order valence-corrected chi connectivity index (χ0v) is 30.5. The molecule has 48 heavy (non-hydrogen) atoms. The minimum atomic E-state index is 0.856. The number of hydrogen-bond donors (Lipinski definition) is 0. The smallest absolute Gasteiger partial charge is 0.133 e. The van der Waals surface area contributed by atoms with Crippen LogP contribution in [0.3, 0.4) is 0 Å². The second kappa shape index (κ2) is 27.0. The molecule has 0 aromatic carbocycles. The van der Waals surface area contributed by atoms with Crippen molar-refractivity contribution in [3.63, 3.8) is 0 Å². The van der Waals surface area contributed by atoms with Gasteiger partial charge in [-0.15, -0.1) is 11.3 Å². The number of nitrogens with zero attached hydrogens (tertiary/aromatic N) is 4. The Balaban J connectivity index is 0.000000274. The Hall–Kier alpha value is -5.13. The van der Waals surface area contributed by atoms with Crippen LogP contribution < -0.4 is 0 Å². The molecule has 256 valence electrons. The van der Waals surface area contributed by atoms with E-state index in [0.29, 0.717) is 0 Å². The van der Waals surface area contributed by atoms with Gasteiger partial charge in [0.15, 0.2) is 0 Å². The Labute approximate surface area is 291 Å². The van der Waals surface area contributed by atoms with Gasteiger partial charge in [-0.1, -0.05) is 21.5 Å². The molecule has 8 aromatic rings. The lowest BCUT2D eigenvalue weighted by Crippen LogP contribution is -1.75. The maximum Gasteiger partial charge on any atom is 0.133 e. The Kier molecular flexibility index (Phi) is 23.0. The van der Waals surface area contributed by atoms with Crippen LogP contribution in [-0.4, -0.2) is 20.0 Å². The van der Waals surface area contributed by atoms with Crippen LogP contribution in [0, 0.1) is 48.5 Å². The number of thiophene rings is 2. The van der Waals surface area contributed by atoms with E-state index in [1.807, 2.05) is 89.0 Å². The van der Waals surface area contributed by atoms with Gasteiger partial charge in [0.05, 0.1) is 36.9 Å². The van der Waals surface area contributed by atoms with Crippen molar-refractivity contribution in [2.45, 2.75) is 48.5 Å². The summed E-state index contributed by atoms with van der Waals surface area (Å²) in [5.41, 5.74) is 4.53. The lowest BCUT2D eigenvalue weighted by molar-refractivity contribution is 0.397. The molecule has 0 aliphatic heterocycles. The molecule has 0 unspecified atom stereocenters. The Morgan fingerprint density at radius 2 is 1.44 bits per heavy atom. The summed E-state index contributed by atoms with van der Waals surface area (Å²) < 4.78 is 25.1. The van der Waals surface area contributed by atoms with E-state index in [0.717, 1.165) is 22.8 Å². The van der Waals surface area contributed by atoms with Crippen LogP contribution in [0.5, 0.6) is 0 Å². The fourth-order valence-electron chi connectivity index (χ4n) is 2.62. The molecule has 0 saturated carbocycles. The summed E-state index contributed by atoms with van der Waals surface area (Å²) in [7, 11) is 2.00. The predicted molar refractivity (Wildman–Crippen MR) is 194 cm³/mol. The van der Waals surface area contributed by atoms with Gasteiger partial charge in [-0.25, -0.2) is 0 Å². The molecule has 0 bridgehead atoms. The van der Waals surface area contributed by atoms with Gasteiger partial charge in [0, 0.05) is 42.0 Å². The SMILES string of the molecule is Cc1ccco1.Cc1cccs1.Cc1ccno1.Cc1ccoc1.Cc1ccon1.Cc1ccsc1.Cc1cnoc1.Cn1cccc1. The number of rotatable bonds is 0. The summed E-state index contributed by atoms with van der Waals surface area (Å²) in [6.45, 7) is 13.8. The van der Waals surface area contributed by atoms with Crippen molar-refractivity contribution in [3.8, 4) is 0 Å². The Bertz CT molecular complexity index is 1270. The molecule has 0 atom stereocenters. The third-order valence-electron chi connectivity index (χ3n) is 5.10. The minimum absolute atomic E-state index is 0.856. The molecule has 11 heteroatoms. The highest BCUT2D eigenvalue weighted by molar-refractivity contribution is 7.09. The van der Waals surface area contributed by atoms with E-state index in [-0.39, 0.29) is 0 Å². The first-order valence-electron chi connectivity index (χ1n) is 14.8. The molecule has 0 saturated heterocycles. The van der Waals surface area contributed by atoms with Crippen molar-refractivity contribution < 1.29 is 22.4 Å². The van der Waals surface area contributed by atoms with Gasteiger partial charge < -0.3 is 27.0 Å². The summed E-state index contributed by atoms with van der Waals surface area (Å²) in [4.78, 5) is 1.38. The van der Waals surface area contributed by atoms with E-state index in [9.17, 15) is 0 Å². The van der Waals surface area contributed by atoms with Crippen LogP contribution in [-0.2, 0) is 7.05 Å². The van der Waals surface area contributed by atoms with E-state index in [1.54, 1.807) is 78.5 Å². The van der Waals surface area contributed by atoms with Crippen LogP contribution in [0.1, 0.15) is 38.8 Å². The Morgan fingerprint density at radius 3 is 1.60 bits per heavy atom. The van der Waals surface area contributed by atoms with Gasteiger partial charge in [-0.3, -0.25) is 0 Å². The average Bonchev–Trinajstić information content (AvgIpc) is 3.87. The normalized spacial score (nSPS) is 8.83. The third-order valence-corrected chi connectivity index (χ3v) is 6.70. The molecule has 9 nitrogen and oxygen atoms in total. The van der Waals surface area contributed by atoms with Gasteiger partial charge in [-0.05, 0) is 118 Å². The Morgan fingerprint density at radius 1 is 0.646 bits per heavy atom. The van der Waals surface area contributed by atoms with Crippen molar-refractivity contribution in [2.75, 3.05) is 0 Å². The van der Waals surface area contributed by atoms with Gasteiger partial charge in [0.2, 0.25) is 0 Å². The van der Waals surface area contributed by atoms with Crippen LogP contribution in [0.4, 0.5) is 0 Å². The van der Waals surface area contributed by atoms with Crippen molar-refractivity contribution in [2.24, 2.45) is 7.05 Å².